The van der Waals surface area contributed by atoms with E-state index in [0.29, 0.717) is 39.1 Å². The first-order valence-corrected chi connectivity index (χ1v) is 7.27. The van der Waals surface area contributed by atoms with Crippen LogP contribution in [0.4, 0.5) is 4.79 Å². The lowest BCUT2D eigenvalue weighted by Gasteiger charge is -2.35. The molecule has 0 spiro atoms. The van der Waals surface area contributed by atoms with Crippen molar-refractivity contribution in [3.63, 3.8) is 0 Å². The summed E-state index contributed by atoms with van der Waals surface area (Å²) in [7, 11) is 0. The zero-order valence-corrected chi connectivity index (χ0v) is 13.0. The van der Waals surface area contributed by atoms with Crippen LogP contribution < -0.4 is 0 Å². The molecule has 0 aromatic rings. The maximum absolute atomic E-state index is 11.9. The molecule has 0 radical (unpaired) electrons. The maximum Gasteiger partial charge on any atom is 0.410 e. The third-order valence-electron chi connectivity index (χ3n) is 3.21. The first-order valence-electron chi connectivity index (χ1n) is 7.27. The highest BCUT2D eigenvalue weighted by Crippen LogP contribution is 2.12. The summed E-state index contributed by atoms with van der Waals surface area (Å²) in [5.74, 6) is -0.989. The quantitative estimate of drug-likeness (QED) is 0.779. The van der Waals surface area contributed by atoms with Crippen LogP contribution in [0.3, 0.4) is 0 Å². The van der Waals surface area contributed by atoms with Gasteiger partial charge in [0.1, 0.15) is 5.60 Å². The number of amides is 1. The maximum atomic E-state index is 11.9. The van der Waals surface area contributed by atoms with Crippen molar-refractivity contribution in [2.75, 3.05) is 32.7 Å². The number of carboxylic acid groups (broad SMARTS) is 1. The Hall–Kier alpha value is -1.34. The number of aliphatic hydroxyl groups is 1. The fourth-order valence-electron chi connectivity index (χ4n) is 2.12. The average molecular weight is 302 g/mol. The standard InChI is InChI=1S/C14H26N2O5/c1-14(2,3)21-13(20)16-8-6-15(7-9-16)5-4-11(17)10-12(18)19/h11,17H,4-10H2,1-3H3,(H,18,19). The van der Waals surface area contributed by atoms with Crippen LogP contribution in [-0.4, -0.2) is 76.5 Å². The highest BCUT2D eigenvalue weighted by atomic mass is 16.6. The number of aliphatic carboxylic acids is 1. The Labute approximate surface area is 125 Å². The summed E-state index contributed by atoms with van der Waals surface area (Å²) in [6.07, 6.45) is -0.907. The molecule has 0 saturated carbocycles. The molecule has 1 aliphatic rings. The summed E-state index contributed by atoms with van der Waals surface area (Å²) >= 11 is 0. The van der Waals surface area contributed by atoms with E-state index in [1.807, 2.05) is 20.8 Å². The zero-order chi connectivity index (χ0) is 16.0. The molecule has 21 heavy (non-hydrogen) atoms. The van der Waals surface area contributed by atoms with Gasteiger partial charge in [-0.2, -0.15) is 0 Å². The fourth-order valence-corrected chi connectivity index (χ4v) is 2.12. The lowest BCUT2D eigenvalue weighted by Crippen LogP contribution is -2.50. The number of hydrogen-bond donors (Lipinski definition) is 2. The van der Waals surface area contributed by atoms with Crippen LogP contribution in [0.5, 0.6) is 0 Å². The second-order valence-electron chi connectivity index (χ2n) is 6.35. The highest BCUT2D eigenvalue weighted by molar-refractivity contribution is 5.68. The largest absolute Gasteiger partial charge is 0.481 e. The molecule has 1 saturated heterocycles. The SMILES string of the molecule is CC(C)(C)OC(=O)N1CCN(CCC(O)CC(=O)O)CC1. The van der Waals surface area contributed by atoms with Gasteiger partial charge in [-0.15, -0.1) is 0 Å². The van der Waals surface area contributed by atoms with Gasteiger partial charge in [-0.25, -0.2) is 4.79 Å². The van der Waals surface area contributed by atoms with Gasteiger partial charge >= 0.3 is 12.1 Å². The summed E-state index contributed by atoms with van der Waals surface area (Å²) in [6.45, 7) is 8.74. The van der Waals surface area contributed by atoms with Crippen LogP contribution in [0.1, 0.15) is 33.6 Å². The van der Waals surface area contributed by atoms with Crippen LogP contribution >= 0.6 is 0 Å². The molecule has 0 aliphatic carbocycles. The number of hydrogen-bond acceptors (Lipinski definition) is 5. The third-order valence-corrected chi connectivity index (χ3v) is 3.21. The van der Waals surface area contributed by atoms with E-state index in [4.69, 9.17) is 9.84 Å². The van der Waals surface area contributed by atoms with Crippen molar-refractivity contribution in [3.05, 3.63) is 0 Å². The van der Waals surface area contributed by atoms with Crippen molar-refractivity contribution in [1.82, 2.24) is 9.80 Å². The van der Waals surface area contributed by atoms with E-state index in [9.17, 15) is 14.7 Å². The first kappa shape index (κ1) is 17.7. The van der Waals surface area contributed by atoms with Gasteiger partial charge in [-0.3, -0.25) is 9.69 Å². The minimum Gasteiger partial charge on any atom is -0.481 e. The number of carbonyl (C=O) groups excluding carboxylic acids is 1. The topological polar surface area (TPSA) is 90.3 Å². The van der Waals surface area contributed by atoms with Gasteiger partial charge in [0.2, 0.25) is 0 Å². The van der Waals surface area contributed by atoms with Crippen LogP contribution in [0.2, 0.25) is 0 Å². The molecule has 1 amide bonds. The van der Waals surface area contributed by atoms with Gasteiger partial charge in [0.05, 0.1) is 12.5 Å². The summed E-state index contributed by atoms with van der Waals surface area (Å²) in [5, 5.41) is 18.1. The normalized spacial score (nSPS) is 18.4. The first-order chi connectivity index (χ1) is 9.67. The second-order valence-corrected chi connectivity index (χ2v) is 6.35. The number of carboxylic acids is 1. The smallest absolute Gasteiger partial charge is 0.410 e. The Morgan fingerprint density at radius 1 is 1.19 bits per heavy atom. The molecule has 1 aliphatic heterocycles. The van der Waals surface area contributed by atoms with E-state index >= 15 is 0 Å². The molecule has 1 unspecified atom stereocenters. The Bertz CT molecular complexity index is 359. The summed E-state index contributed by atoms with van der Waals surface area (Å²) < 4.78 is 5.32. The Morgan fingerprint density at radius 3 is 2.24 bits per heavy atom. The molecule has 2 N–H and O–H groups in total. The van der Waals surface area contributed by atoms with Gasteiger partial charge < -0.3 is 19.8 Å². The Balaban J connectivity index is 2.26. The van der Waals surface area contributed by atoms with Gasteiger partial charge in [-0.05, 0) is 27.2 Å². The Kier molecular flexibility index (Phi) is 6.42. The molecule has 0 aromatic carbocycles. The van der Waals surface area contributed by atoms with Crippen molar-refractivity contribution in [1.29, 1.82) is 0 Å². The molecule has 0 bridgehead atoms. The molecular weight excluding hydrogens is 276 g/mol. The molecule has 1 rings (SSSR count). The lowest BCUT2D eigenvalue weighted by atomic mass is 10.1. The van der Waals surface area contributed by atoms with Gasteiger partial charge in [-0.1, -0.05) is 0 Å². The Morgan fingerprint density at radius 2 is 1.76 bits per heavy atom. The summed E-state index contributed by atoms with van der Waals surface area (Å²) in [6, 6.07) is 0. The van der Waals surface area contributed by atoms with Crippen molar-refractivity contribution in [3.8, 4) is 0 Å². The monoisotopic (exact) mass is 302 g/mol. The van der Waals surface area contributed by atoms with E-state index < -0.39 is 17.7 Å². The van der Waals surface area contributed by atoms with Gasteiger partial charge in [0, 0.05) is 32.7 Å². The molecule has 1 heterocycles. The molecule has 7 heteroatoms. The number of carbonyl (C=O) groups is 2. The van der Waals surface area contributed by atoms with Crippen molar-refractivity contribution < 1.29 is 24.5 Å². The molecule has 1 atom stereocenters. The minimum atomic E-state index is -0.989. The number of aliphatic hydroxyl groups excluding tert-OH is 1. The molecule has 1 fully saturated rings. The minimum absolute atomic E-state index is 0.224. The summed E-state index contributed by atoms with van der Waals surface area (Å²) in [4.78, 5) is 26.1. The van der Waals surface area contributed by atoms with Crippen LogP contribution in [0.15, 0.2) is 0 Å². The van der Waals surface area contributed by atoms with Crippen LogP contribution in [-0.2, 0) is 9.53 Å². The second kappa shape index (κ2) is 7.61. The van der Waals surface area contributed by atoms with Gasteiger partial charge in [0.25, 0.3) is 0 Å². The third kappa shape index (κ3) is 7.29. The molecule has 7 nitrogen and oxygen atoms in total. The summed E-state index contributed by atoms with van der Waals surface area (Å²) in [5.41, 5.74) is -0.491. The molecule has 122 valence electrons. The number of piperazine rings is 1. The van der Waals surface area contributed by atoms with Crippen LogP contribution in [0.25, 0.3) is 0 Å². The van der Waals surface area contributed by atoms with Gasteiger partial charge in [0.15, 0.2) is 0 Å². The highest BCUT2D eigenvalue weighted by Gasteiger charge is 2.25. The fraction of sp³-hybridized carbons (Fsp3) is 0.857. The van der Waals surface area contributed by atoms with E-state index in [1.54, 1.807) is 4.90 Å². The number of nitrogens with zero attached hydrogens (tertiary/aromatic N) is 2. The van der Waals surface area contributed by atoms with E-state index in [-0.39, 0.29) is 12.5 Å². The molecule has 0 aromatic heterocycles. The zero-order valence-electron chi connectivity index (χ0n) is 13.0. The predicted molar refractivity (Wildman–Crippen MR) is 77.1 cm³/mol. The number of ether oxygens (including phenoxy) is 1. The average Bonchev–Trinajstić information content (AvgIpc) is 2.34. The van der Waals surface area contributed by atoms with E-state index in [1.165, 1.54) is 0 Å². The number of rotatable bonds is 5. The van der Waals surface area contributed by atoms with Crippen LogP contribution in [0, 0.1) is 0 Å². The van der Waals surface area contributed by atoms with Crippen molar-refractivity contribution >= 4 is 12.1 Å². The van der Waals surface area contributed by atoms with E-state index in [0.717, 1.165) is 0 Å². The lowest BCUT2D eigenvalue weighted by molar-refractivity contribution is -0.139. The van der Waals surface area contributed by atoms with Crippen molar-refractivity contribution in [2.24, 2.45) is 0 Å². The molecular formula is C14H26N2O5. The predicted octanol–water partition coefficient (Wildman–Crippen LogP) is 0.765. The van der Waals surface area contributed by atoms with Crippen molar-refractivity contribution in [2.45, 2.75) is 45.3 Å². The van der Waals surface area contributed by atoms with E-state index in [2.05, 4.69) is 4.90 Å².